The molecule has 0 saturated carbocycles. The van der Waals surface area contributed by atoms with E-state index in [9.17, 15) is 14.0 Å². The lowest BCUT2D eigenvalue weighted by Crippen LogP contribution is -2.30. The number of aromatic amines is 1. The van der Waals surface area contributed by atoms with E-state index in [4.69, 9.17) is 10.5 Å². The zero-order valence-electron chi connectivity index (χ0n) is 17.3. The van der Waals surface area contributed by atoms with Crippen molar-refractivity contribution in [3.8, 4) is 11.4 Å². The first-order valence-electron chi connectivity index (χ1n) is 9.38. The van der Waals surface area contributed by atoms with E-state index < -0.39 is 17.1 Å². The van der Waals surface area contributed by atoms with Gasteiger partial charge in [-0.05, 0) is 35.2 Å². The van der Waals surface area contributed by atoms with Gasteiger partial charge in [-0.25, -0.2) is 4.79 Å². The van der Waals surface area contributed by atoms with Gasteiger partial charge in [0.1, 0.15) is 5.75 Å². The number of rotatable bonds is 4. The lowest BCUT2D eigenvalue weighted by Gasteiger charge is -2.25. The predicted octanol–water partition coefficient (Wildman–Crippen LogP) is 3.72. The third-order valence-electron chi connectivity index (χ3n) is 4.68. The summed E-state index contributed by atoms with van der Waals surface area (Å²) >= 11 is 0. The maximum atomic E-state index is 13.9. The van der Waals surface area contributed by atoms with E-state index in [1.807, 2.05) is 50.0 Å². The van der Waals surface area contributed by atoms with Crippen molar-refractivity contribution in [3.05, 3.63) is 85.9 Å². The van der Waals surface area contributed by atoms with Crippen LogP contribution >= 0.6 is 0 Å². The number of H-pyrrole nitrogens is 1. The summed E-state index contributed by atoms with van der Waals surface area (Å²) in [5, 5.41) is 0. The molecule has 2 aromatic carbocycles. The summed E-state index contributed by atoms with van der Waals surface area (Å²) in [6, 6.07) is 10.8. The van der Waals surface area contributed by atoms with Gasteiger partial charge in [0.2, 0.25) is 5.82 Å². The molecule has 6 nitrogen and oxygen atoms in total. The van der Waals surface area contributed by atoms with Crippen molar-refractivity contribution in [2.24, 2.45) is 0 Å². The predicted molar refractivity (Wildman–Crippen MR) is 118 cm³/mol. The number of nitrogens with zero attached hydrogens (tertiary/aromatic N) is 1. The minimum atomic E-state index is -1.05. The quantitative estimate of drug-likeness (QED) is 0.508. The number of methoxy groups -OCH3 is 1. The molecule has 7 heteroatoms. The Kier molecular flexibility index (Phi) is 5.64. The number of nitrogen functional groups attached to an aromatic ring is 1. The second-order valence-electron chi connectivity index (χ2n) is 7.97. The first-order chi connectivity index (χ1) is 14.1. The fraction of sp³-hybridized carbons (Fsp3) is 0.217. The molecule has 3 N–H and O–H groups in total. The molecule has 0 saturated heterocycles. The second kappa shape index (κ2) is 8.02. The minimum Gasteiger partial charge on any atom is -0.496 e. The highest BCUT2D eigenvalue weighted by Gasteiger charge is 2.22. The van der Waals surface area contributed by atoms with E-state index in [1.165, 1.54) is 0 Å². The standard InChI is InChI=1S/C23H24FN3O3/c1-23(2,3)18-12-17(27-13-19(24)21(28)26-22(27)29)11-15(20(18)30-4)8-5-14-6-9-16(25)10-7-14/h5-13H,25H2,1-4H3,(H,26,28,29). The summed E-state index contributed by atoms with van der Waals surface area (Å²) in [4.78, 5) is 25.7. The number of hydrogen-bond acceptors (Lipinski definition) is 4. The molecule has 0 bridgehead atoms. The number of anilines is 1. The molecule has 0 atom stereocenters. The van der Waals surface area contributed by atoms with E-state index in [0.29, 0.717) is 22.7 Å². The van der Waals surface area contributed by atoms with Gasteiger partial charge >= 0.3 is 5.69 Å². The van der Waals surface area contributed by atoms with Crippen molar-refractivity contribution in [2.75, 3.05) is 12.8 Å². The minimum absolute atomic E-state index is 0.324. The molecular formula is C23H24FN3O3. The van der Waals surface area contributed by atoms with Crippen molar-refractivity contribution < 1.29 is 9.13 Å². The third kappa shape index (κ3) is 4.35. The highest BCUT2D eigenvalue weighted by Crippen LogP contribution is 2.37. The Balaban J connectivity index is 2.24. The van der Waals surface area contributed by atoms with E-state index in [-0.39, 0.29) is 5.41 Å². The van der Waals surface area contributed by atoms with Crippen LogP contribution in [0.3, 0.4) is 0 Å². The average Bonchev–Trinajstić information content (AvgIpc) is 2.69. The van der Waals surface area contributed by atoms with E-state index in [2.05, 4.69) is 0 Å². The van der Waals surface area contributed by atoms with E-state index >= 15 is 0 Å². The van der Waals surface area contributed by atoms with Gasteiger partial charge < -0.3 is 10.5 Å². The highest BCUT2D eigenvalue weighted by atomic mass is 19.1. The molecular weight excluding hydrogens is 385 g/mol. The first kappa shape index (κ1) is 21.1. The Hall–Kier alpha value is -3.61. The summed E-state index contributed by atoms with van der Waals surface area (Å²) in [6.07, 6.45) is 4.64. The molecule has 1 heterocycles. The zero-order chi connectivity index (χ0) is 22.1. The molecule has 3 aromatic rings. The summed E-state index contributed by atoms with van der Waals surface area (Å²) in [7, 11) is 1.58. The summed E-state index contributed by atoms with van der Waals surface area (Å²) in [6.45, 7) is 6.04. The van der Waals surface area contributed by atoms with Crippen LogP contribution in [0.4, 0.5) is 10.1 Å². The van der Waals surface area contributed by atoms with Crippen LogP contribution in [0.25, 0.3) is 17.8 Å². The molecule has 1 aromatic heterocycles. The van der Waals surface area contributed by atoms with Gasteiger partial charge in [0.05, 0.1) is 19.0 Å². The zero-order valence-corrected chi connectivity index (χ0v) is 17.3. The molecule has 156 valence electrons. The van der Waals surface area contributed by atoms with Crippen LogP contribution in [-0.4, -0.2) is 16.7 Å². The molecule has 0 aliphatic heterocycles. The Labute approximate surface area is 173 Å². The summed E-state index contributed by atoms with van der Waals surface area (Å²) < 4.78 is 20.6. The molecule has 0 fully saturated rings. The van der Waals surface area contributed by atoms with Crippen LogP contribution in [0.1, 0.15) is 37.5 Å². The van der Waals surface area contributed by atoms with Gasteiger partial charge in [0, 0.05) is 16.8 Å². The number of ether oxygens (including phenoxy) is 1. The molecule has 0 aliphatic rings. The number of nitrogens with one attached hydrogen (secondary N) is 1. The van der Waals surface area contributed by atoms with Crippen LogP contribution in [0.2, 0.25) is 0 Å². The summed E-state index contributed by atoms with van der Waals surface area (Å²) in [5.74, 6) is -0.391. The maximum absolute atomic E-state index is 13.9. The van der Waals surface area contributed by atoms with Crippen molar-refractivity contribution in [1.82, 2.24) is 9.55 Å². The van der Waals surface area contributed by atoms with Gasteiger partial charge in [-0.2, -0.15) is 4.39 Å². The molecule has 0 spiro atoms. The lowest BCUT2D eigenvalue weighted by molar-refractivity contribution is 0.396. The van der Waals surface area contributed by atoms with Crippen LogP contribution in [0.15, 0.2) is 52.2 Å². The van der Waals surface area contributed by atoms with Gasteiger partial charge in [-0.15, -0.1) is 0 Å². The van der Waals surface area contributed by atoms with Gasteiger partial charge in [0.25, 0.3) is 5.56 Å². The fourth-order valence-electron chi connectivity index (χ4n) is 3.12. The molecule has 0 amide bonds. The summed E-state index contributed by atoms with van der Waals surface area (Å²) in [5.41, 5.74) is 7.19. The average molecular weight is 409 g/mol. The second-order valence-corrected chi connectivity index (χ2v) is 7.97. The van der Waals surface area contributed by atoms with Crippen molar-refractivity contribution >= 4 is 17.8 Å². The van der Waals surface area contributed by atoms with Crippen LogP contribution < -0.4 is 21.7 Å². The lowest BCUT2D eigenvalue weighted by atomic mass is 9.84. The SMILES string of the molecule is COc1c(C=Cc2ccc(N)cc2)cc(-n2cc(F)c(=O)[nH]c2=O)cc1C(C)(C)C. The molecule has 30 heavy (non-hydrogen) atoms. The fourth-order valence-corrected chi connectivity index (χ4v) is 3.12. The van der Waals surface area contributed by atoms with Crippen molar-refractivity contribution in [3.63, 3.8) is 0 Å². The smallest absolute Gasteiger partial charge is 0.333 e. The Morgan fingerprint density at radius 2 is 1.77 bits per heavy atom. The number of aromatic nitrogens is 2. The third-order valence-corrected chi connectivity index (χ3v) is 4.68. The normalized spacial score (nSPS) is 11.8. The maximum Gasteiger partial charge on any atom is 0.333 e. The first-order valence-corrected chi connectivity index (χ1v) is 9.38. The van der Waals surface area contributed by atoms with Crippen LogP contribution in [0, 0.1) is 5.82 Å². The van der Waals surface area contributed by atoms with Crippen LogP contribution in [0.5, 0.6) is 5.75 Å². The topological polar surface area (TPSA) is 90.1 Å². The number of benzene rings is 2. The Morgan fingerprint density at radius 1 is 1.10 bits per heavy atom. The van der Waals surface area contributed by atoms with E-state index in [0.717, 1.165) is 21.9 Å². The number of hydrogen-bond donors (Lipinski definition) is 2. The monoisotopic (exact) mass is 409 g/mol. The van der Waals surface area contributed by atoms with Crippen molar-refractivity contribution in [1.29, 1.82) is 0 Å². The largest absolute Gasteiger partial charge is 0.496 e. The molecule has 3 rings (SSSR count). The van der Waals surface area contributed by atoms with Gasteiger partial charge in [-0.3, -0.25) is 14.3 Å². The number of nitrogens with two attached hydrogens (primary N) is 1. The Morgan fingerprint density at radius 3 is 2.37 bits per heavy atom. The molecule has 0 aliphatic carbocycles. The number of halogens is 1. The van der Waals surface area contributed by atoms with Crippen molar-refractivity contribution in [2.45, 2.75) is 26.2 Å². The van der Waals surface area contributed by atoms with Gasteiger partial charge in [-0.1, -0.05) is 45.1 Å². The molecule has 0 radical (unpaired) electrons. The van der Waals surface area contributed by atoms with Crippen LogP contribution in [-0.2, 0) is 5.41 Å². The van der Waals surface area contributed by atoms with Gasteiger partial charge in [0.15, 0.2) is 0 Å². The van der Waals surface area contributed by atoms with E-state index in [1.54, 1.807) is 31.4 Å². The highest BCUT2D eigenvalue weighted by molar-refractivity contribution is 5.75. The molecule has 0 unspecified atom stereocenters. The Bertz CT molecular complexity index is 1220.